The van der Waals surface area contributed by atoms with Crippen molar-refractivity contribution in [3.05, 3.63) is 76.9 Å². The second kappa shape index (κ2) is 8.09. The lowest BCUT2D eigenvalue weighted by Gasteiger charge is -2.05. The number of benzene rings is 2. The van der Waals surface area contributed by atoms with Crippen molar-refractivity contribution in [2.75, 3.05) is 5.32 Å². The van der Waals surface area contributed by atoms with Gasteiger partial charge in [0.2, 0.25) is 5.91 Å². The zero-order chi connectivity index (χ0) is 21.3. The highest BCUT2D eigenvalue weighted by Crippen LogP contribution is 2.33. The lowest BCUT2D eigenvalue weighted by atomic mass is 10.1. The highest BCUT2D eigenvalue weighted by Gasteiger charge is 2.19. The average Bonchev–Trinajstić information content (AvgIpc) is 3.38. The molecule has 0 spiro atoms. The van der Waals surface area contributed by atoms with Gasteiger partial charge in [0.15, 0.2) is 0 Å². The van der Waals surface area contributed by atoms with Crippen LogP contribution in [0.15, 0.2) is 54.0 Å². The van der Waals surface area contributed by atoms with E-state index >= 15 is 0 Å². The molecular formula is C20H12F2N4O2S2. The van der Waals surface area contributed by atoms with Crippen LogP contribution in [0.2, 0.25) is 0 Å². The number of hydrogen-bond acceptors (Lipinski definition) is 6. The minimum absolute atomic E-state index is 0.0267. The summed E-state index contributed by atoms with van der Waals surface area (Å²) in [5.74, 6) is -2.57. The van der Waals surface area contributed by atoms with E-state index in [0.717, 1.165) is 40.6 Å². The van der Waals surface area contributed by atoms with E-state index < -0.39 is 23.4 Å². The van der Waals surface area contributed by atoms with Gasteiger partial charge in [0.25, 0.3) is 5.91 Å². The van der Waals surface area contributed by atoms with Gasteiger partial charge in [-0.15, -0.1) is 11.3 Å². The molecule has 30 heavy (non-hydrogen) atoms. The van der Waals surface area contributed by atoms with Gasteiger partial charge in [0.1, 0.15) is 22.3 Å². The van der Waals surface area contributed by atoms with E-state index in [9.17, 15) is 18.4 Å². The number of anilines is 1. The second-order valence-electron chi connectivity index (χ2n) is 6.10. The number of aromatic nitrogens is 2. The molecule has 150 valence electrons. The largest absolute Gasteiger partial charge is 0.366 e. The molecule has 0 atom stereocenters. The van der Waals surface area contributed by atoms with Crippen molar-refractivity contribution in [1.82, 2.24) is 9.36 Å². The number of hydrogen-bond donors (Lipinski definition) is 2. The molecule has 0 saturated heterocycles. The molecule has 0 aliphatic carbocycles. The van der Waals surface area contributed by atoms with Gasteiger partial charge in [-0.3, -0.25) is 9.59 Å². The lowest BCUT2D eigenvalue weighted by Crippen LogP contribution is -2.12. The number of rotatable bonds is 5. The first-order valence-corrected chi connectivity index (χ1v) is 10.2. The van der Waals surface area contributed by atoms with E-state index in [1.165, 1.54) is 17.6 Å². The molecule has 0 bridgehead atoms. The van der Waals surface area contributed by atoms with Crippen LogP contribution in [-0.2, 0) is 0 Å². The van der Waals surface area contributed by atoms with Crippen molar-refractivity contribution >= 4 is 40.4 Å². The normalized spacial score (nSPS) is 10.7. The summed E-state index contributed by atoms with van der Waals surface area (Å²) in [6, 6.07) is 10.1. The molecule has 10 heteroatoms. The molecule has 0 aliphatic rings. The maximum atomic E-state index is 14.0. The third kappa shape index (κ3) is 3.82. The summed E-state index contributed by atoms with van der Waals surface area (Å²) < 4.78 is 32.0. The highest BCUT2D eigenvalue weighted by atomic mass is 32.1. The van der Waals surface area contributed by atoms with Crippen LogP contribution in [-0.4, -0.2) is 21.2 Å². The smallest absolute Gasteiger partial charge is 0.275 e. The first-order chi connectivity index (χ1) is 14.4. The molecule has 2 aromatic heterocycles. The third-order valence-electron chi connectivity index (χ3n) is 4.16. The van der Waals surface area contributed by atoms with E-state index in [1.807, 2.05) is 0 Å². The standard InChI is InChI=1S/C20H12F2N4O2S2/c21-12-2-1-3-13(22)16(12)20-26-15(9-29-20)19(28)25-14-8-24-30-17(14)10-4-6-11(7-5-10)18(23)27/h1-9H,(H2,23,27)(H,25,28). The number of thiazole rings is 1. The molecule has 4 rings (SSSR count). The molecule has 2 heterocycles. The number of nitrogens with two attached hydrogens (primary N) is 1. The molecule has 0 saturated carbocycles. The van der Waals surface area contributed by atoms with Crippen molar-refractivity contribution in [2.24, 2.45) is 5.73 Å². The van der Waals surface area contributed by atoms with Crippen LogP contribution in [0, 0.1) is 11.6 Å². The van der Waals surface area contributed by atoms with Gasteiger partial charge in [-0.2, -0.15) is 4.37 Å². The summed E-state index contributed by atoms with van der Waals surface area (Å²) in [5.41, 5.74) is 6.56. The SMILES string of the molecule is NC(=O)c1ccc(-c2sncc2NC(=O)c2csc(-c3c(F)cccc3F)n2)cc1. The Bertz CT molecular complexity index is 1230. The van der Waals surface area contributed by atoms with Crippen LogP contribution in [0.4, 0.5) is 14.5 Å². The summed E-state index contributed by atoms with van der Waals surface area (Å²) in [7, 11) is 0. The van der Waals surface area contributed by atoms with E-state index in [2.05, 4.69) is 14.7 Å². The zero-order valence-corrected chi connectivity index (χ0v) is 16.7. The van der Waals surface area contributed by atoms with Crippen LogP contribution in [0.25, 0.3) is 21.0 Å². The van der Waals surface area contributed by atoms with Crippen LogP contribution < -0.4 is 11.1 Å². The Morgan fingerprint density at radius 1 is 1.03 bits per heavy atom. The molecular weight excluding hydrogens is 430 g/mol. The van der Waals surface area contributed by atoms with Gasteiger partial charge >= 0.3 is 0 Å². The fourth-order valence-corrected chi connectivity index (χ4v) is 4.26. The minimum Gasteiger partial charge on any atom is -0.366 e. The highest BCUT2D eigenvalue weighted by molar-refractivity contribution is 7.13. The van der Waals surface area contributed by atoms with Crippen LogP contribution in [0.3, 0.4) is 0 Å². The monoisotopic (exact) mass is 442 g/mol. The van der Waals surface area contributed by atoms with Crippen LogP contribution in [0.1, 0.15) is 20.8 Å². The number of nitrogens with zero attached hydrogens (tertiary/aromatic N) is 2. The van der Waals surface area contributed by atoms with E-state index in [0.29, 0.717) is 16.1 Å². The van der Waals surface area contributed by atoms with E-state index in [-0.39, 0.29) is 16.3 Å². The first-order valence-electron chi connectivity index (χ1n) is 8.50. The predicted molar refractivity (Wildman–Crippen MR) is 111 cm³/mol. The Kier molecular flexibility index (Phi) is 5.34. The second-order valence-corrected chi connectivity index (χ2v) is 7.76. The summed E-state index contributed by atoms with van der Waals surface area (Å²) in [4.78, 5) is 28.6. The Morgan fingerprint density at radius 2 is 1.73 bits per heavy atom. The van der Waals surface area contributed by atoms with Crippen molar-refractivity contribution in [1.29, 1.82) is 0 Å². The summed E-state index contributed by atoms with van der Waals surface area (Å²) in [6.45, 7) is 0. The number of primary amides is 1. The van der Waals surface area contributed by atoms with Crippen LogP contribution >= 0.6 is 22.9 Å². The third-order valence-corrected chi connectivity index (χ3v) is 5.87. The van der Waals surface area contributed by atoms with Gasteiger partial charge in [0, 0.05) is 10.9 Å². The number of halogens is 2. The predicted octanol–water partition coefficient (Wildman–Crippen LogP) is 4.56. The number of amides is 2. The number of nitrogens with one attached hydrogen (secondary N) is 1. The number of carbonyl (C=O) groups excluding carboxylic acids is 2. The minimum atomic E-state index is -0.750. The molecule has 0 fully saturated rings. The van der Waals surface area contributed by atoms with E-state index in [4.69, 9.17) is 5.73 Å². The van der Waals surface area contributed by atoms with Gasteiger partial charge in [-0.25, -0.2) is 13.8 Å². The molecule has 6 nitrogen and oxygen atoms in total. The lowest BCUT2D eigenvalue weighted by molar-refractivity contribution is 0.0997. The van der Waals surface area contributed by atoms with Crippen molar-refractivity contribution in [3.8, 4) is 21.0 Å². The average molecular weight is 442 g/mol. The van der Waals surface area contributed by atoms with Gasteiger partial charge in [-0.05, 0) is 41.4 Å². The molecule has 0 radical (unpaired) electrons. The fraction of sp³-hybridized carbons (Fsp3) is 0. The zero-order valence-electron chi connectivity index (χ0n) is 15.1. The van der Waals surface area contributed by atoms with E-state index in [1.54, 1.807) is 24.3 Å². The molecule has 2 amide bonds. The first kappa shape index (κ1) is 19.8. The fourth-order valence-electron chi connectivity index (χ4n) is 2.70. The summed E-state index contributed by atoms with van der Waals surface area (Å²) in [5, 5.41) is 4.21. The Hall–Kier alpha value is -3.50. The Balaban J connectivity index is 1.57. The molecule has 3 N–H and O–H groups in total. The molecule has 0 unspecified atom stereocenters. The molecule has 4 aromatic rings. The molecule has 0 aliphatic heterocycles. The Morgan fingerprint density at radius 3 is 2.40 bits per heavy atom. The molecule has 2 aromatic carbocycles. The van der Waals surface area contributed by atoms with Crippen molar-refractivity contribution in [3.63, 3.8) is 0 Å². The van der Waals surface area contributed by atoms with Gasteiger partial charge in [-0.1, -0.05) is 18.2 Å². The summed E-state index contributed by atoms with van der Waals surface area (Å²) in [6.07, 6.45) is 1.49. The van der Waals surface area contributed by atoms with Crippen molar-refractivity contribution < 1.29 is 18.4 Å². The quantitative estimate of drug-likeness (QED) is 0.473. The van der Waals surface area contributed by atoms with Gasteiger partial charge in [0.05, 0.1) is 22.3 Å². The maximum absolute atomic E-state index is 14.0. The van der Waals surface area contributed by atoms with Crippen LogP contribution in [0.5, 0.6) is 0 Å². The Labute approximate surface area is 177 Å². The van der Waals surface area contributed by atoms with Crippen molar-refractivity contribution in [2.45, 2.75) is 0 Å². The maximum Gasteiger partial charge on any atom is 0.275 e. The number of carbonyl (C=O) groups is 2. The topological polar surface area (TPSA) is 98.0 Å². The van der Waals surface area contributed by atoms with Gasteiger partial charge < -0.3 is 11.1 Å². The summed E-state index contributed by atoms with van der Waals surface area (Å²) >= 11 is 2.13.